The number of aromatic nitrogens is 1. The summed E-state index contributed by atoms with van der Waals surface area (Å²) in [7, 11) is 2.08. The van der Waals surface area contributed by atoms with Gasteiger partial charge in [0, 0.05) is 28.8 Å². The van der Waals surface area contributed by atoms with Gasteiger partial charge in [0.2, 0.25) is 5.88 Å². The summed E-state index contributed by atoms with van der Waals surface area (Å²) in [5.74, 6) is 0.228. The Morgan fingerprint density at radius 3 is 2.61 bits per heavy atom. The van der Waals surface area contributed by atoms with Crippen molar-refractivity contribution < 1.29 is 22.7 Å². The minimum absolute atomic E-state index is 0.0241. The number of hydrogen-bond donors (Lipinski definition) is 0. The maximum Gasteiger partial charge on any atom is 0.416 e. The lowest BCUT2D eigenvalue weighted by Gasteiger charge is -2.29. The van der Waals surface area contributed by atoms with E-state index in [1.165, 1.54) is 19.1 Å². The number of pyridine rings is 1. The van der Waals surface area contributed by atoms with Crippen molar-refractivity contribution in [3.05, 3.63) is 58.8 Å². The third-order valence-electron chi connectivity index (χ3n) is 5.08. The third-order valence-corrected chi connectivity index (χ3v) is 5.08. The molecule has 0 amide bonds. The van der Waals surface area contributed by atoms with Crippen molar-refractivity contribution in [1.29, 1.82) is 0 Å². The van der Waals surface area contributed by atoms with Crippen molar-refractivity contribution in [2.45, 2.75) is 38.5 Å². The zero-order chi connectivity index (χ0) is 20.3. The normalized spacial score (nSPS) is 16.1. The Hall–Kier alpha value is -2.35. The monoisotopic (exact) mass is 390 g/mol. The zero-order valence-corrected chi connectivity index (χ0v) is 15.9. The van der Waals surface area contributed by atoms with E-state index in [9.17, 15) is 18.0 Å². The molecule has 8 heteroatoms. The number of carbonyl (C=O) groups excluding carboxylic acids is 1. The average molecular weight is 390 g/mol. The van der Waals surface area contributed by atoms with Gasteiger partial charge in [0.05, 0.1) is 5.56 Å². The predicted octanol–water partition coefficient (Wildman–Crippen LogP) is 3.61. The number of nitrogens with zero attached hydrogens (tertiary/aromatic N) is 2. The van der Waals surface area contributed by atoms with Gasteiger partial charge in [-0.2, -0.15) is 13.2 Å². The van der Waals surface area contributed by atoms with E-state index in [1.54, 1.807) is 6.07 Å². The standard InChI is InChI=1S/C20H22BF3N2O2/c1-13(27)15-5-6-16(17(11-15)20(22,23)24)12-28-19-4-2-3-18(25-19)14-7-9-26(21)10-8-14/h2-6,11,14H,7-10,12,21H2,1H3. The van der Waals surface area contributed by atoms with Crippen LogP contribution < -0.4 is 4.74 Å². The molecule has 1 saturated heterocycles. The number of hydrogen-bond acceptors (Lipinski definition) is 4. The molecule has 1 fully saturated rings. The second-order valence-electron chi connectivity index (χ2n) is 7.19. The van der Waals surface area contributed by atoms with Gasteiger partial charge in [-0.05, 0) is 45.0 Å². The minimum atomic E-state index is -4.56. The molecule has 148 valence electrons. The number of benzene rings is 1. The second kappa shape index (κ2) is 8.35. The van der Waals surface area contributed by atoms with Crippen molar-refractivity contribution in [2.24, 2.45) is 0 Å². The van der Waals surface area contributed by atoms with Crippen LogP contribution in [0.5, 0.6) is 5.88 Å². The Balaban J connectivity index is 1.75. The number of ketones is 1. The maximum absolute atomic E-state index is 13.4. The van der Waals surface area contributed by atoms with Crippen LogP contribution in [0.3, 0.4) is 0 Å². The number of carbonyl (C=O) groups is 1. The highest BCUT2D eigenvalue weighted by Gasteiger charge is 2.34. The Bertz CT molecular complexity index is 850. The number of piperidine rings is 1. The molecule has 0 spiro atoms. The van der Waals surface area contributed by atoms with Crippen molar-refractivity contribution >= 4 is 13.8 Å². The highest BCUT2D eigenvalue weighted by Crippen LogP contribution is 2.33. The van der Waals surface area contributed by atoms with E-state index >= 15 is 0 Å². The molecule has 0 N–H and O–H groups in total. The molecule has 1 aromatic heterocycles. The quantitative estimate of drug-likeness (QED) is 0.578. The number of ether oxygens (including phenoxy) is 1. The second-order valence-corrected chi connectivity index (χ2v) is 7.19. The SMILES string of the molecule is BN1CCC(c2cccc(OCc3ccc(C(C)=O)cc3C(F)(F)F)n2)CC1. The molecule has 0 unspecified atom stereocenters. The highest BCUT2D eigenvalue weighted by molar-refractivity contribution is 6.04. The minimum Gasteiger partial charge on any atom is -0.473 e. The fourth-order valence-electron chi connectivity index (χ4n) is 3.38. The van der Waals surface area contributed by atoms with Gasteiger partial charge in [-0.25, -0.2) is 4.98 Å². The van der Waals surface area contributed by atoms with Gasteiger partial charge in [0.15, 0.2) is 13.8 Å². The third kappa shape index (κ3) is 4.92. The topological polar surface area (TPSA) is 42.4 Å². The van der Waals surface area contributed by atoms with E-state index < -0.39 is 17.5 Å². The average Bonchev–Trinajstić information content (AvgIpc) is 2.66. The van der Waals surface area contributed by atoms with Gasteiger partial charge < -0.3 is 9.55 Å². The van der Waals surface area contributed by atoms with Crippen LogP contribution in [0.25, 0.3) is 0 Å². The summed E-state index contributed by atoms with van der Waals surface area (Å²) >= 11 is 0. The summed E-state index contributed by atoms with van der Waals surface area (Å²) in [6.45, 7) is 2.96. The van der Waals surface area contributed by atoms with E-state index in [-0.39, 0.29) is 17.7 Å². The Kier molecular flexibility index (Phi) is 6.08. The number of Topliss-reactive ketones (excluding diaryl/α,β-unsaturated/α-hetero) is 1. The molecule has 0 bridgehead atoms. The highest BCUT2D eigenvalue weighted by atomic mass is 19.4. The van der Waals surface area contributed by atoms with Gasteiger partial charge >= 0.3 is 6.18 Å². The summed E-state index contributed by atoms with van der Waals surface area (Å²) in [5.41, 5.74) is 0.0581. The first-order valence-electron chi connectivity index (χ1n) is 9.23. The van der Waals surface area contributed by atoms with Crippen LogP contribution >= 0.6 is 0 Å². The predicted molar refractivity (Wildman–Crippen MR) is 102 cm³/mol. The number of halogens is 3. The van der Waals surface area contributed by atoms with Crippen molar-refractivity contribution in [3.8, 4) is 5.88 Å². The lowest BCUT2D eigenvalue weighted by atomic mass is 9.92. The van der Waals surface area contributed by atoms with E-state index in [1.807, 2.05) is 12.1 Å². The van der Waals surface area contributed by atoms with Crippen LogP contribution in [-0.2, 0) is 12.8 Å². The molecule has 2 aromatic rings. The molecular weight excluding hydrogens is 368 g/mol. The molecule has 3 rings (SSSR count). The zero-order valence-electron chi connectivity index (χ0n) is 15.9. The van der Waals surface area contributed by atoms with Gasteiger partial charge in [0.1, 0.15) is 6.61 Å². The van der Waals surface area contributed by atoms with Gasteiger partial charge in [0.25, 0.3) is 0 Å². The number of alkyl halides is 3. The lowest BCUT2D eigenvalue weighted by Crippen LogP contribution is -2.30. The first-order chi connectivity index (χ1) is 13.2. The first kappa shape index (κ1) is 20.4. The Morgan fingerprint density at radius 1 is 1.25 bits per heavy atom. The molecular formula is C20H22BF3N2O2. The largest absolute Gasteiger partial charge is 0.473 e. The molecule has 28 heavy (non-hydrogen) atoms. The molecule has 1 aliphatic rings. The molecule has 0 aliphatic carbocycles. The summed E-state index contributed by atoms with van der Waals surface area (Å²) in [5, 5.41) is 0. The summed E-state index contributed by atoms with van der Waals surface area (Å²) < 4.78 is 45.7. The van der Waals surface area contributed by atoms with Crippen LogP contribution in [0, 0.1) is 0 Å². The Labute approximate surface area is 163 Å². The van der Waals surface area contributed by atoms with Gasteiger partial charge in [-0.1, -0.05) is 18.2 Å². The van der Waals surface area contributed by atoms with Crippen molar-refractivity contribution in [2.75, 3.05) is 13.1 Å². The van der Waals surface area contributed by atoms with E-state index in [0.29, 0.717) is 11.8 Å². The fraction of sp³-hybridized carbons (Fsp3) is 0.400. The molecule has 2 heterocycles. The fourth-order valence-corrected chi connectivity index (χ4v) is 3.38. The summed E-state index contributed by atoms with van der Waals surface area (Å²) in [4.78, 5) is 18.2. The van der Waals surface area contributed by atoms with Gasteiger partial charge in [-0.15, -0.1) is 0 Å². The molecule has 0 atom stereocenters. The van der Waals surface area contributed by atoms with Crippen molar-refractivity contribution in [1.82, 2.24) is 9.79 Å². The number of rotatable bonds is 5. The van der Waals surface area contributed by atoms with Crippen molar-refractivity contribution in [3.63, 3.8) is 0 Å². The van der Waals surface area contributed by atoms with Crippen LogP contribution in [0.15, 0.2) is 36.4 Å². The smallest absolute Gasteiger partial charge is 0.416 e. The van der Waals surface area contributed by atoms with Crippen LogP contribution in [-0.4, -0.2) is 36.6 Å². The molecule has 0 radical (unpaired) electrons. The van der Waals surface area contributed by atoms with Gasteiger partial charge in [-0.3, -0.25) is 4.79 Å². The summed E-state index contributed by atoms with van der Waals surface area (Å²) in [6.07, 6.45) is -2.57. The summed E-state index contributed by atoms with van der Waals surface area (Å²) in [6, 6.07) is 8.96. The van der Waals surface area contributed by atoms with Crippen LogP contribution in [0.4, 0.5) is 13.2 Å². The maximum atomic E-state index is 13.4. The molecule has 1 aromatic carbocycles. The molecule has 1 aliphatic heterocycles. The lowest BCUT2D eigenvalue weighted by molar-refractivity contribution is -0.138. The van der Waals surface area contributed by atoms with E-state index in [4.69, 9.17) is 4.74 Å². The molecule has 4 nitrogen and oxygen atoms in total. The van der Waals surface area contributed by atoms with Crippen LogP contribution in [0.2, 0.25) is 0 Å². The molecule has 0 saturated carbocycles. The first-order valence-corrected chi connectivity index (χ1v) is 9.23. The van der Waals surface area contributed by atoms with Crippen LogP contribution in [0.1, 0.15) is 52.9 Å². The Morgan fingerprint density at radius 2 is 1.96 bits per heavy atom. The van der Waals surface area contributed by atoms with E-state index in [0.717, 1.165) is 37.7 Å². The van der Waals surface area contributed by atoms with E-state index in [2.05, 4.69) is 17.8 Å².